The van der Waals surface area contributed by atoms with Crippen molar-refractivity contribution in [1.29, 1.82) is 0 Å². The zero-order valence-corrected chi connectivity index (χ0v) is 21.4. The van der Waals surface area contributed by atoms with Gasteiger partial charge >= 0.3 is 5.97 Å². The number of aromatic nitrogens is 1. The van der Waals surface area contributed by atoms with Gasteiger partial charge in [0.2, 0.25) is 12.5 Å². The molecule has 2 aliphatic rings. The molecule has 0 amide bonds. The lowest BCUT2D eigenvalue weighted by Gasteiger charge is -2.24. The van der Waals surface area contributed by atoms with Crippen molar-refractivity contribution in [3.05, 3.63) is 72.4 Å². The summed E-state index contributed by atoms with van der Waals surface area (Å²) in [6.45, 7) is 3.72. The topological polar surface area (TPSA) is 118 Å². The van der Waals surface area contributed by atoms with Gasteiger partial charge in [-0.25, -0.2) is 9.79 Å². The molecule has 1 N–H and O–H groups in total. The Morgan fingerprint density at radius 2 is 1.89 bits per heavy atom. The number of hydrogen-bond donors (Lipinski definition) is 1. The number of carbonyl (C=O) groups is 1. The Balaban J connectivity index is 1.72. The summed E-state index contributed by atoms with van der Waals surface area (Å²) in [5, 5.41) is 10.2. The highest BCUT2D eigenvalue weighted by molar-refractivity contribution is 7.07. The fourth-order valence-electron chi connectivity index (χ4n) is 4.34. The molecule has 5 rings (SSSR count). The number of phenolic OH excluding ortho intramolecular Hbond substituents is 1. The molecule has 0 saturated carbocycles. The third-order valence-electron chi connectivity index (χ3n) is 6.03. The predicted octanol–water partition coefficient (Wildman–Crippen LogP) is 2.25. The molecule has 1 aromatic heterocycles. The van der Waals surface area contributed by atoms with Crippen LogP contribution in [0.15, 0.2) is 51.4 Å². The molecule has 0 fully saturated rings. The Bertz CT molecular complexity index is 1590. The smallest absolute Gasteiger partial charge is 0.338 e. The van der Waals surface area contributed by atoms with Crippen LogP contribution in [-0.2, 0) is 9.53 Å². The standard InChI is InChI=1S/C26H24N2O8S/c1-5-34-25(31)21-13(2)27-26-28(22(21)15-6-7-16-17(11-15)36-12-35-16)24(30)20(37-26)10-14-8-18(32-3)23(29)19(9-14)33-4/h6-11,22,29H,5,12H2,1-4H3/b20-10+/t22-/m0/s1. The quantitative estimate of drug-likeness (QED) is 0.488. The van der Waals surface area contributed by atoms with Crippen molar-refractivity contribution in [2.24, 2.45) is 4.99 Å². The molecule has 3 heterocycles. The second-order valence-electron chi connectivity index (χ2n) is 8.19. The van der Waals surface area contributed by atoms with Crippen molar-refractivity contribution in [3.63, 3.8) is 0 Å². The number of benzene rings is 2. The van der Waals surface area contributed by atoms with Gasteiger partial charge in [0, 0.05) is 0 Å². The number of rotatable bonds is 6. The van der Waals surface area contributed by atoms with E-state index in [9.17, 15) is 14.7 Å². The fourth-order valence-corrected chi connectivity index (χ4v) is 5.39. The first-order valence-electron chi connectivity index (χ1n) is 11.4. The Morgan fingerprint density at radius 3 is 2.57 bits per heavy atom. The second-order valence-corrected chi connectivity index (χ2v) is 9.20. The van der Waals surface area contributed by atoms with E-state index in [0.717, 1.165) is 0 Å². The zero-order chi connectivity index (χ0) is 26.3. The highest BCUT2D eigenvalue weighted by Gasteiger charge is 2.34. The van der Waals surface area contributed by atoms with Gasteiger partial charge in [-0.05, 0) is 55.3 Å². The Hall–Kier alpha value is -4.25. The minimum absolute atomic E-state index is 0.0979. The number of nitrogens with zero attached hydrogens (tertiary/aromatic N) is 2. The highest BCUT2D eigenvalue weighted by atomic mass is 32.1. The summed E-state index contributed by atoms with van der Waals surface area (Å²) in [6, 6.07) is 7.72. The van der Waals surface area contributed by atoms with E-state index in [4.69, 9.17) is 23.7 Å². The van der Waals surface area contributed by atoms with Crippen LogP contribution >= 0.6 is 11.3 Å². The molecule has 11 heteroatoms. The first-order valence-corrected chi connectivity index (χ1v) is 12.2. The third kappa shape index (κ3) is 4.20. The van der Waals surface area contributed by atoms with Crippen LogP contribution in [0.5, 0.6) is 28.7 Å². The summed E-state index contributed by atoms with van der Waals surface area (Å²) in [5.74, 6) is 0.842. The molecule has 2 aliphatic heterocycles. The number of fused-ring (bicyclic) bond motifs is 2. The van der Waals surface area contributed by atoms with Crippen molar-refractivity contribution in [1.82, 2.24) is 4.57 Å². The largest absolute Gasteiger partial charge is 0.502 e. The monoisotopic (exact) mass is 524 g/mol. The number of phenols is 1. The van der Waals surface area contributed by atoms with E-state index in [-0.39, 0.29) is 41.8 Å². The lowest BCUT2D eigenvalue weighted by Crippen LogP contribution is -2.39. The van der Waals surface area contributed by atoms with Gasteiger partial charge in [0.1, 0.15) is 0 Å². The van der Waals surface area contributed by atoms with Crippen LogP contribution in [0.4, 0.5) is 0 Å². The van der Waals surface area contributed by atoms with Gasteiger partial charge in [-0.15, -0.1) is 0 Å². The van der Waals surface area contributed by atoms with Gasteiger partial charge in [0.15, 0.2) is 27.8 Å². The van der Waals surface area contributed by atoms with E-state index < -0.39 is 12.0 Å². The van der Waals surface area contributed by atoms with E-state index in [1.807, 2.05) is 0 Å². The molecule has 0 bridgehead atoms. The summed E-state index contributed by atoms with van der Waals surface area (Å²) in [4.78, 5) is 31.8. The van der Waals surface area contributed by atoms with E-state index in [1.54, 1.807) is 50.3 Å². The molecule has 0 spiro atoms. The molecule has 1 atom stereocenters. The van der Waals surface area contributed by atoms with Gasteiger partial charge in [0.25, 0.3) is 5.56 Å². The summed E-state index contributed by atoms with van der Waals surface area (Å²) < 4.78 is 28.6. The number of methoxy groups -OCH3 is 2. The summed E-state index contributed by atoms with van der Waals surface area (Å²) in [5.41, 5.74) is 1.63. The maximum absolute atomic E-state index is 13.8. The molecule has 0 aliphatic carbocycles. The molecule has 10 nitrogen and oxygen atoms in total. The van der Waals surface area contributed by atoms with Crippen molar-refractivity contribution >= 4 is 23.4 Å². The van der Waals surface area contributed by atoms with E-state index in [1.165, 1.54) is 30.1 Å². The predicted molar refractivity (Wildman–Crippen MR) is 134 cm³/mol. The van der Waals surface area contributed by atoms with Crippen LogP contribution in [-0.4, -0.2) is 43.3 Å². The minimum Gasteiger partial charge on any atom is -0.502 e. The van der Waals surface area contributed by atoms with Crippen LogP contribution in [0.1, 0.15) is 31.0 Å². The van der Waals surface area contributed by atoms with Crippen LogP contribution in [0, 0.1) is 0 Å². The van der Waals surface area contributed by atoms with Crippen LogP contribution in [0.2, 0.25) is 0 Å². The van der Waals surface area contributed by atoms with Crippen molar-refractivity contribution < 1.29 is 33.6 Å². The van der Waals surface area contributed by atoms with Gasteiger partial charge in [-0.1, -0.05) is 17.4 Å². The maximum Gasteiger partial charge on any atom is 0.338 e. The van der Waals surface area contributed by atoms with Crippen LogP contribution in [0.25, 0.3) is 6.08 Å². The summed E-state index contributed by atoms with van der Waals surface area (Å²) in [7, 11) is 2.86. The highest BCUT2D eigenvalue weighted by Crippen LogP contribution is 2.39. The number of ether oxygens (including phenoxy) is 5. The van der Waals surface area contributed by atoms with E-state index >= 15 is 0 Å². The number of allylic oxidation sites excluding steroid dienone is 1. The van der Waals surface area contributed by atoms with E-state index in [2.05, 4.69) is 4.99 Å². The Morgan fingerprint density at radius 1 is 1.19 bits per heavy atom. The SMILES string of the molecule is CCOC(=O)C1=C(C)N=c2s/c(=C/c3cc(OC)c(O)c(OC)c3)c(=O)n2[C@H]1c1ccc2c(c1)OCO2. The fraction of sp³-hybridized carbons (Fsp3) is 0.269. The molecule has 192 valence electrons. The number of esters is 1. The minimum atomic E-state index is -0.782. The molecular formula is C26H24N2O8S. The number of carbonyl (C=O) groups excluding carboxylic acids is 1. The van der Waals surface area contributed by atoms with Crippen molar-refractivity contribution in [2.45, 2.75) is 19.9 Å². The summed E-state index contributed by atoms with van der Waals surface area (Å²) in [6.07, 6.45) is 1.66. The lowest BCUT2D eigenvalue weighted by atomic mass is 9.95. The van der Waals surface area contributed by atoms with Crippen LogP contribution in [0.3, 0.4) is 0 Å². The normalized spacial score (nSPS) is 16.3. The molecule has 0 unspecified atom stereocenters. The molecule has 0 radical (unpaired) electrons. The second kappa shape index (κ2) is 9.66. The number of thiazole rings is 1. The molecule has 2 aromatic carbocycles. The average molecular weight is 525 g/mol. The zero-order valence-electron chi connectivity index (χ0n) is 20.6. The summed E-state index contributed by atoms with van der Waals surface area (Å²) >= 11 is 1.18. The Labute approximate surface area is 215 Å². The molecule has 3 aromatic rings. The van der Waals surface area contributed by atoms with Gasteiger partial charge in [-0.2, -0.15) is 0 Å². The van der Waals surface area contributed by atoms with Gasteiger partial charge in [0.05, 0.1) is 42.7 Å². The first kappa shape index (κ1) is 24.4. The van der Waals surface area contributed by atoms with Crippen molar-refractivity contribution in [3.8, 4) is 28.7 Å². The first-order chi connectivity index (χ1) is 17.9. The number of hydrogen-bond acceptors (Lipinski definition) is 10. The average Bonchev–Trinajstić information content (AvgIpc) is 3.47. The van der Waals surface area contributed by atoms with Gasteiger partial charge in [-0.3, -0.25) is 9.36 Å². The maximum atomic E-state index is 13.8. The number of aromatic hydroxyl groups is 1. The lowest BCUT2D eigenvalue weighted by molar-refractivity contribution is -0.139. The van der Waals surface area contributed by atoms with Gasteiger partial charge < -0.3 is 28.8 Å². The van der Waals surface area contributed by atoms with E-state index in [0.29, 0.717) is 37.7 Å². The third-order valence-corrected chi connectivity index (χ3v) is 7.01. The molecule has 37 heavy (non-hydrogen) atoms. The molecule has 0 saturated heterocycles. The van der Waals surface area contributed by atoms with Crippen molar-refractivity contribution in [2.75, 3.05) is 27.6 Å². The molecular weight excluding hydrogens is 500 g/mol. The van der Waals surface area contributed by atoms with Crippen LogP contribution < -0.4 is 33.8 Å². The Kier molecular flexibility index (Phi) is 6.38.